The van der Waals surface area contributed by atoms with Crippen LogP contribution in [0.1, 0.15) is 40.5 Å². The Morgan fingerprint density at radius 3 is 2.67 bits per heavy atom. The molecule has 0 radical (unpaired) electrons. The monoisotopic (exact) mass is 364 g/mol. The number of benzene rings is 1. The van der Waals surface area contributed by atoms with Crippen molar-refractivity contribution in [2.75, 3.05) is 5.32 Å². The molecule has 0 fully saturated rings. The molecule has 0 spiro atoms. The van der Waals surface area contributed by atoms with Crippen LogP contribution in [0.25, 0.3) is 0 Å². The summed E-state index contributed by atoms with van der Waals surface area (Å²) in [6.07, 6.45) is 5.02. The number of nitrogens with zero attached hydrogens (tertiary/aromatic N) is 2. The fourth-order valence-corrected chi connectivity index (χ4v) is 2.63. The van der Waals surface area contributed by atoms with Gasteiger partial charge in [-0.05, 0) is 24.1 Å². The topological polar surface area (TPSA) is 97.1 Å². The van der Waals surface area contributed by atoms with Gasteiger partial charge in [0.15, 0.2) is 5.69 Å². The summed E-state index contributed by atoms with van der Waals surface area (Å²) < 4.78 is 5.49. The SMILES string of the molecule is CC(=O)N[C@@H](Cc1ccccc1)c1nc(C(=O)Nc2cnccc2C)co1. The van der Waals surface area contributed by atoms with Crippen LogP contribution in [-0.4, -0.2) is 21.8 Å². The Labute approximate surface area is 156 Å². The minimum absolute atomic E-state index is 0.136. The summed E-state index contributed by atoms with van der Waals surface area (Å²) in [6, 6.07) is 11.0. The molecule has 7 nitrogen and oxygen atoms in total. The van der Waals surface area contributed by atoms with E-state index in [0.717, 1.165) is 11.1 Å². The summed E-state index contributed by atoms with van der Waals surface area (Å²) >= 11 is 0. The molecule has 2 heterocycles. The first kappa shape index (κ1) is 18.3. The van der Waals surface area contributed by atoms with E-state index < -0.39 is 11.9 Å². The summed E-state index contributed by atoms with van der Waals surface area (Å²) in [5, 5.41) is 5.58. The average Bonchev–Trinajstić information content (AvgIpc) is 3.14. The summed E-state index contributed by atoms with van der Waals surface area (Å²) in [5.41, 5.74) is 2.65. The maximum Gasteiger partial charge on any atom is 0.277 e. The molecule has 0 unspecified atom stereocenters. The molecule has 0 aliphatic heterocycles. The van der Waals surface area contributed by atoms with Crippen LogP contribution in [0.3, 0.4) is 0 Å². The van der Waals surface area contributed by atoms with Crippen molar-refractivity contribution in [3.63, 3.8) is 0 Å². The predicted octanol–water partition coefficient (Wildman–Crippen LogP) is 3.05. The third kappa shape index (κ3) is 4.78. The number of aryl methyl sites for hydroxylation is 1. The molecular weight excluding hydrogens is 344 g/mol. The van der Waals surface area contributed by atoms with Crippen molar-refractivity contribution in [3.8, 4) is 0 Å². The molecule has 0 aliphatic carbocycles. The Hall–Kier alpha value is -3.48. The van der Waals surface area contributed by atoms with Crippen LogP contribution in [0.2, 0.25) is 0 Å². The van der Waals surface area contributed by atoms with Crippen molar-refractivity contribution in [1.29, 1.82) is 0 Å². The fraction of sp³-hybridized carbons (Fsp3) is 0.200. The molecule has 138 valence electrons. The second-order valence-corrected chi connectivity index (χ2v) is 6.16. The number of carbonyl (C=O) groups is 2. The molecule has 27 heavy (non-hydrogen) atoms. The minimum Gasteiger partial charge on any atom is -0.446 e. The van der Waals surface area contributed by atoms with Crippen LogP contribution in [-0.2, 0) is 11.2 Å². The quantitative estimate of drug-likeness (QED) is 0.701. The number of anilines is 1. The Morgan fingerprint density at radius 1 is 1.19 bits per heavy atom. The maximum atomic E-state index is 12.4. The highest BCUT2D eigenvalue weighted by atomic mass is 16.3. The molecule has 3 rings (SSSR count). The largest absolute Gasteiger partial charge is 0.446 e. The van der Waals surface area contributed by atoms with Crippen LogP contribution in [0, 0.1) is 6.92 Å². The molecule has 0 saturated heterocycles. The van der Waals surface area contributed by atoms with Gasteiger partial charge in [-0.15, -0.1) is 0 Å². The van der Waals surface area contributed by atoms with Crippen LogP contribution >= 0.6 is 0 Å². The number of hydrogen-bond donors (Lipinski definition) is 2. The number of carbonyl (C=O) groups excluding carboxylic acids is 2. The highest BCUT2D eigenvalue weighted by Crippen LogP contribution is 2.19. The summed E-state index contributed by atoms with van der Waals surface area (Å²) in [4.78, 5) is 32.3. The van der Waals surface area contributed by atoms with Crippen LogP contribution < -0.4 is 10.6 Å². The lowest BCUT2D eigenvalue weighted by molar-refractivity contribution is -0.119. The lowest BCUT2D eigenvalue weighted by Crippen LogP contribution is -2.28. The Bertz CT molecular complexity index is 937. The van der Waals surface area contributed by atoms with Crippen molar-refractivity contribution in [1.82, 2.24) is 15.3 Å². The highest BCUT2D eigenvalue weighted by molar-refractivity contribution is 6.02. The molecule has 0 aliphatic rings. The van der Waals surface area contributed by atoms with Crippen molar-refractivity contribution < 1.29 is 14.0 Å². The van der Waals surface area contributed by atoms with Crippen LogP contribution in [0.5, 0.6) is 0 Å². The van der Waals surface area contributed by atoms with Crippen molar-refractivity contribution in [2.45, 2.75) is 26.3 Å². The van der Waals surface area contributed by atoms with E-state index in [1.54, 1.807) is 18.5 Å². The third-order valence-electron chi connectivity index (χ3n) is 4.00. The highest BCUT2D eigenvalue weighted by Gasteiger charge is 2.21. The molecule has 2 aromatic heterocycles. The molecule has 0 saturated carbocycles. The first-order valence-corrected chi connectivity index (χ1v) is 8.51. The van der Waals surface area contributed by atoms with E-state index in [4.69, 9.17) is 4.42 Å². The lowest BCUT2D eigenvalue weighted by Gasteiger charge is -2.14. The van der Waals surface area contributed by atoms with Crippen LogP contribution in [0.15, 0.2) is 59.5 Å². The van der Waals surface area contributed by atoms with Crippen molar-refractivity contribution >= 4 is 17.5 Å². The molecule has 2 N–H and O–H groups in total. The molecule has 0 bridgehead atoms. The van der Waals surface area contributed by atoms with Gasteiger partial charge >= 0.3 is 0 Å². The third-order valence-corrected chi connectivity index (χ3v) is 4.00. The van der Waals surface area contributed by atoms with Gasteiger partial charge in [0.2, 0.25) is 11.8 Å². The normalized spacial score (nSPS) is 11.6. The summed E-state index contributed by atoms with van der Waals surface area (Å²) in [5.74, 6) is -0.324. The van der Waals surface area contributed by atoms with Gasteiger partial charge in [-0.25, -0.2) is 4.98 Å². The van der Waals surface area contributed by atoms with E-state index in [9.17, 15) is 9.59 Å². The van der Waals surface area contributed by atoms with Crippen molar-refractivity contribution in [3.05, 3.63) is 77.8 Å². The number of amides is 2. The van der Waals surface area contributed by atoms with Gasteiger partial charge in [0, 0.05) is 19.5 Å². The van der Waals surface area contributed by atoms with Gasteiger partial charge in [0.1, 0.15) is 12.3 Å². The number of nitrogens with one attached hydrogen (secondary N) is 2. The van der Waals surface area contributed by atoms with Gasteiger partial charge in [-0.1, -0.05) is 30.3 Å². The lowest BCUT2D eigenvalue weighted by atomic mass is 10.1. The van der Waals surface area contributed by atoms with Gasteiger partial charge in [0.25, 0.3) is 5.91 Å². The van der Waals surface area contributed by atoms with Gasteiger partial charge in [-0.2, -0.15) is 0 Å². The van der Waals surface area contributed by atoms with Crippen molar-refractivity contribution in [2.24, 2.45) is 0 Å². The van der Waals surface area contributed by atoms with Gasteiger partial charge in [0.05, 0.1) is 11.9 Å². The molecule has 7 heteroatoms. The van der Waals surface area contributed by atoms with E-state index in [2.05, 4.69) is 20.6 Å². The fourth-order valence-electron chi connectivity index (χ4n) is 2.63. The first-order chi connectivity index (χ1) is 13.0. The van der Waals surface area contributed by atoms with Crippen LogP contribution in [0.4, 0.5) is 5.69 Å². The summed E-state index contributed by atoms with van der Waals surface area (Å²) in [6.45, 7) is 3.30. The number of aromatic nitrogens is 2. The predicted molar refractivity (Wildman–Crippen MR) is 100 cm³/mol. The number of rotatable bonds is 6. The van der Waals surface area contributed by atoms with E-state index in [1.807, 2.05) is 37.3 Å². The van der Waals surface area contributed by atoms with E-state index in [1.165, 1.54) is 13.2 Å². The second kappa shape index (κ2) is 8.27. The zero-order chi connectivity index (χ0) is 19.2. The average molecular weight is 364 g/mol. The smallest absolute Gasteiger partial charge is 0.277 e. The van der Waals surface area contributed by atoms with E-state index >= 15 is 0 Å². The minimum atomic E-state index is -0.466. The Morgan fingerprint density at radius 2 is 1.96 bits per heavy atom. The Kier molecular flexibility index (Phi) is 5.61. The first-order valence-electron chi connectivity index (χ1n) is 8.51. The zero-order valence-electron chi connectivity index (χ0n) is 15.1. The zero-order valence-corrected chi connectivity index (χ0v) is 15.1. The van der Waals surface area contributed by atoms with E-state index in [-0.39, 0.29) is 17.5 Å². The number of oxazole rings is 1. The van der Waals surface area contributed by atoms with Gasteiger partial charge in [-0.3, -0.25) is 14.6 Å². The molecular formula is C20H20N4O3. The number of hydrogen-bond acceptors (Lipinski definition) is 5. The van der Waals surface area contributed by atoms with Gasteiger partial charge < -0.3 is 15.1 Å². The molecule has 1 atom stereocenters. The summed E-state index contributed by atoms with van der Waals surface area (Å²) in [7, 11) is 0. The Balaban J connectivity index is 1.77. The molecule has 1 aromatic carbocycles. The second-order valence-electron chi connectivity index (χ2n) is 6.16. The standard InChI is InChI=1S/C20H20N4O3/c1-13-8-9-21-11-17(13)23-19(26)18-12-27-20(24-18)16(22-14(2)25)10-15-6-4-3-5-7-15/h3-9,11-12,16H,10H2,1-2H3,(H,22,25)(H,23,26)/t16-/m0/s1. The maximum absolute atomic E-state index is 12.4. The number of pyridine rings is 1. The molecule has 2 amide bonds. The van der Waals surface area contributed by atoms with E-state index in [0.29, 0.717) is 12.1 Å². The molecule has 3 aromatic rings.